The smallest absolute Gasteiger partial charge is 0.307 e. The molecule has 0 N–H and O–H groups in total. The summed E-state index contributed by atoms with van der Waals surface area (Å²) in [5, 5.41) is 0. The van der Waals surface area contributed by atoms with E-state index in [0.717, 1.165) is 31.2 Å². The van der Waals surface area contributed by atoms with E-state index >= 15 is 0 Å². The Labute approximate surface area is 131 Å². The van der Waals surface area contributed by atoms with Gasteiger partial charge in [-0.1, -0.05) is 43.2 Å². The van der Waals surface area contributed by atoms with Crippen molar-refractivity contribution in [3.63, 3.8) is 0 Å². The molecule has 0 heterocycles. The van der Waals surface area contributed by atoms with Crippen LogP contribution in [0.5, 0.6) is 0 Å². The molecule has 1 fully saturated rings. The third-order valence-electron chi connectivity index (χ3n) is 4.05. The minimum Gasteiger partial charge on any atom is -0.469 e. The van der Waals surface area contributed by atoms with Crippen molar-refractivity contribution < 1.29 is 14.3 Å². The van der Waals surface area contributed by atoms with Crippen LogP contribution in [0, 0.1) is 0 Å². The molecule has 22 heavy (non-hydrogen) atoms. The Bertz CT molecular complexity index is 518. The van der Waals surface area contributed by atoms with Gasteiger partial charge >= 0.3 is 5.97 Å². The van der Waals surface area contributed by atoms with E-state index < -0.39 is 0 Å². The van der Waals surface area contributed by atoms with Crippen molar-refractivity contribution >= 4 is 18.0 Å². The summed E-state index contributed by atoms with van der Waals surface area (Å²) in [5.41, 5.74) is 0.996. The summed E-state index contributed by atoms with van der Waals surface area (Å²) in [5.74, 6) is -0.303. The van der Waals surface area contributed by atoms with E-state index in [4.69, 9.17) is 0 Å². The molecule has 4 nitrogen and oxygen atoms in total. The minimum absolute atomic E-state index is 0.0281. The lowest BCUT2D eigenvalue weighted by Gasteiger charge is -2.27. The molecule has 1 aromatic carbocycles. The molecule has 2 rings (SSSR count). The zero-order valence-electron chi connectivity index (χ0n) is 13.0. The van der Waals surface area contributed by atoms with E-state index in [1.807, 2.05) is 41.3 Å². The van der Waals surface area contributed by atoms with Gasteiger partial charge in [0.15, 0.2) is 0 Å². The molecule has 0 unspecified atom stereocenters. The maximum atomic E-state index is 12.5. The molecule has 1 aliphatic carbocycles. The maximum absolute atomic E-state index is 12.5. The van der Waals surface area contributed by atoms with E-state index in [1.165, 1.54) is 7.11 Å². The van der Waals surface area contributed by atoms with Crippen LogP contribution in [-0.4, -0.2) is 36.5 Å². The molecule has 0 saturated heterocycles. The molecule has 1 saturated carbocycles. The zero-order valence-corrected chi connectivity index (χ0v) is 13.0. The van der Waals surface area contributed by atoms with E-state index in [0.29, 0.717) is 6.54 Å². The van der Waals surface area contributed by atoms with Gasteiger partial charge in [0.05, 0.1) is 13.5 Å². The fourth-order valence-corrected chi connectivity index (χ4v) is 2.83. The number of rotatable bonds is 6. The van der Waals surface area contributed by atoms with Gasteiger partial charge < -0.3 is 9.64 Å². The Morgan fingerprint density at radius 1 is 1.23 bits per heavy atom. The molecule has 0 spiro atoms. The Kier molecular flexibility index (Phi) is 6.19. The van der Waals surface area contributed by atoms with Crippen molar-refractivity contribution in [2.75, 3.05) is 13.7 Å². The van der Waals surface area contributed by atoms with Gasteiger partial charge in [-0.3, -0.25) is 9.59 Å². The number of ether oxygens (including phenoxy) is 1. The monoisotopic (exact) mass is 301 g/mol. The lowest BCUT2D eigenvalue weighted by atomic mass is 10.1. The van der Waals surface area contributed by atoms with Crippen LogP contribution in [0.3, 0.4) is 0 Å². The highest BCUT2D eigenvalue weighted by Crippen LogP contribution is 2.24. The molecule has 0 aromatic heterocycles. The summed E-state index contributed by atoms with van der Waals surface area (Å²) in [6.07, 6.45) is 8.01. The van der Waals surface area contributed by atoms with Crippen LogP contribution in [0.15, 0.2) is 36.4 Å². The summed E-state index contributed by atoms with van der Waals surface area (Å²) in [6, 6.07) is 9.99. The number of methoxy groups -OCH3 is 1. The maximum Gasteiger partial charge on any atom is 0.307 e. The number of amides is 1. The first kappa shape index (κ1) is 16.3. The normalized spacial score (nSPS) is 15.1. The van der Waals surface area contributed by atoms with Gasteiger partial charge in [-0.15, -0.1) is 0 Å². The number of carbonyl (C=O) groups is 2. The summed E-state index contributed by atoms with van der Waals surface area (Å²) in [4.78, 5) is 25.7. The van der Waals surface area contributed by atoms with Gasteiger partial charge in [0.2, 0.25) is 5.91 Å². The van der Waals surface area contributed by atoms with Crippen molar-refractivity contribution in [3.05, 3.63) is 42.0 Å². The molecule has 0 radical (unpaired) electrons. The summed E-state index contributed by atoms with van der Waals surface area (Å²) in [6.45, 7) is 0.426. The first-order chi connectivity index (χ1) is 10.7. The largest absolute Gasteiger partial charge is 0.469 e. The number of carbonyl (C=O) groups excluding carboxylic acids is 2. The molecule has 4 heteroatoms. The van der Waals surface area contributed by atoms with Gasteiger partial charge in [-0.2, -0.15) is 0 Å². The number of esters is 1. The second kappa shape index (κ2) is 8.37. The van der Waals surface area contributed by atoms with Crippen molar-refractivity contribution in [1.29, 1.82) is 0 Å². The number of nitrogens with zero attached hydrogens (tertiary/aromatic N) is 1. The van der Waals surface area contributed by atoms with Crippen LogP contribution in [-0.2, 0) is 14.3 Å². The number of benzene rings is 1. The molecular weight excluding hydrogens is 278 g/mol. The summed E-state index contributed by atoms with van der Waals surface area (Å²) >= 11 is 0. The second-order valence-corrected chi connectivity index (χ2v) is 5.54. The summed E-state index contributed by atoms with van der Waals surface area (Å²) < 4.78 is 4.68. The fraction of sp³-hybridized carbons (Fsp3) is 0.444. The number of hydrogen-bond acceptors (Lipinski definition) is 3. The Morgan fingerprint density at radius 2 is 1.91 bits per heavy atom. The molecule has 0 aliphatic heterocycles. The van der Waals surface area contributed by atoms with E-state index in [1.54, 1.807) is 6.08 Å². The first-order valence-electron chi connectivity index (χ1n) is 7.81. The molecule has 1 aromatic rings. The molecular formula is C18H23NO3. The quantitative estimate of drug-likeness (QED) is 0.599. The van der Waals surface area contributed by atoms with Gasteiger partial charge in [-0.05, 0) is 24.5 Å². The van der Waals surface area contributed by atoms with Crippen molar-refractivity contribution in [2.45, 2.75) is 38.1 Å². The zero-order chi connectivity index (χ0) is 15.8. The van der Waals surface area contributed by atoms with Gasteiger partial charge in [0.1, 0.15) is 0 Å². The van der Waals surface area contributed by atoms with E-state index in [-0.39, 0.29) is 24.3 Å². The average Bonchev–Trinajstić information content (AvgIpc) is 3.08. The van der Waals surface area contributed by atoms with E-state index in [9.17, 15) is 9.59 Å². The van der Waals surface area contributed by atoms with E-state index in [2.05, 4.69) is 4.74 Å². The second-order valence-electron chi connectivity index (χ2n) is 5.54. The van der Waals surface area contributed by atoms with Crippen molar-refractivity contribution in [2.24, 2.45) is 0 Å². The van der Waals surface area contributed by atoms with Crippen LogP contribution in [0.25, 0.3) is 6.08 Å². The summed E-state index contributed by atoms with van der Waals surface area (Å²) in [7, 11) is 1.37. The van der Waals surface area contributed by atoms with Crippen molar-refractivity contribution in [3.8, 4) is 0 Å². The predicted octanol–water partition coefficient (Wildman–Crippen LogP) is 3.03. The predicted molar refractivity (Wildman–Crippen MR) is 86.1 cm³/mol. The van der Waals surface area contributed by atoms with Crippen LogP contribution in [0.1, 0.15) is 37.7 Å². The Balaban J connectivity index is 2.01. The van der Waals surface area contributed by atoms with Crippen LogP contribution in [0.2, 0.25) is 0 Å². The Morgan fingerprint density at radius 3 is 2.55 bits per heavy atom. The highest BCUT2D eigenvalue weighted by Gasteiger charge is 2.25. The minimum atomic E-state index is -0.275. The Hall–Kier alpha value is -2.10. The van der Waals surface area contributed by atoms with Gasteiger partial charge in [0.25, 0.3) is 0 Å². The highest BCUT2D eigenvalue weighted by molar-refractivity contribution is 5.92. The van der Waals surface area contributed by atoms with Crippen LogP contribution in [0.4, 0.5) is 0 Å². The lowest BCUT2D eigenvalue weighted by molar-refractivity contribution is -0.141. The first-order valence-corrected chi connectivity index (χ1v) is 7.81. The van der Waals surface area contributed by atoms with Crippen LogP contribution >= 0.6 is 0 Å². The molecule has 1 aliphatic rings. The van der Waals surface area contributed by atoms with Gasteiger partial charge in [0, 0.05) is 18.7 Å². The van der Waals surface area contributed by atoms with Crippen molar-refractivity contribution in [1.82, 2.24) is 4.90 Å². The highest BCUT2D eigenvalue weighted by atomic mass is 16.5. The molecule has 1 amide bonds. The molecule has 0 bridgehead atoms. The average molecular weight is 301 g/mol. The molecule has 0 atom stereocenters. The third kappa shape index (κ3) is 4.72. The van der Waals surface area contributed by atoms with Crippen LogP contribution < -0.4 is 0 Å². The fourth-order valence-electron chi connectivity index (χ4n) is 2.83. The third-order valence-corrected chi connectivity index (χ3v) is 4.05. The SMILES string of the molecule is COC(=O)CCN(C(=O)/C=C/c1ccccc1)C1CCCC1. The van der Waals surface area contributed by atoms with Gasteiger partial charge in [-0.25, -0.2) is 0 Å². The standard InChI is InChI=1S/C18H23NO3/c1-22-18(21)13-14-19(16-9-5-6-10-16)17(20)12-11-15-7-3-2-4-8-15/h2-4,7-8,11-12,16H,5-6,9-10,13-14H2,1H3/b12-11+. The topological polar surface area (TPSA) is 46.6 Å². The lowest BCUT2D eigenvalue weighted by Crippen LogP contribution is -2.39. The molecule has 118 valence electrons. The number of hydrogen-bond donors (Lipinski definition) is 0.